The fourth-order valence-electron chi connectivity index (χ4n) is 2.85. The van der Waals surface area contributed by atoms with Gasteiger partial charge in [0.25, 0.3) is 5.76 Å². The molecule has 0 aliphatic carbocycles. The van der Waals surface area contributed by atoms with Gasteiger partial charge in [-0.2, -0.15) is 0 Å². The predicted molar refractivity (Wildman–Crippen MR) is 93.0 cm³/mol. The van der Waals surface area contributed by atoms with Gasteiger partial charge in [0.05, 0.1) is 4.92 Å². The minimum Gasteiger partial charge on any atom is -0.508 e. The number of benzene rings is 2. The summed E-state index contributed by atoms with van der Waals surface area (Å²) in [6.07, 6.45) is 2.53. The largest absolute Gasteiger partial charge is 0.508 e. The maximum absolute atomic E-state index is 12.7. The molecule has 0 saturated heterocycles. The van der Waals surface area contributed by atoms with E-state index >= 15 is 0 Å². The molecule has 0 aliphatic rings. The van der Waals surface area contributed by atoms with Crippen molar-refractivity contribution in [1.82, 2.24) is 0 Å². The fourth-order valence-corrected chi connectivity index (χ4v) is 2.85. The van der Waals surface area contributed by atoms with Crippen LogP contribution in [0.2, 0.25) is 0 Å². The number of fused-ring (bicyclic) bond motifs is 1. The molecular weight excluding hydrogens is 322 g/mol. The highest BCUT2D eigenvalue weighted by atomic mass is 16.6. The van der Waals surface area contributed by atoms with Crippen molar-refractivity contribution < 1.29 is 19.2 Å². The molecule has 1 aromatic heterocycles. The molecule has 3 rings (SSSR count). The predicted octanol–water partition coefficient (Wildman–Crippen LogP) is 4.62. The number of carbonyl (C=O) groups excluding carboxylic acids is 1. The molecule has 0 saturated carbocycles. The van der Waals surface area contributed by atoms with E-state index in [1.54, 1.807) is 12.1 Å². The van der Waals surface area contributed by atoms with E-state index in [1.165, 1.54) is 24.3 Å². The Balaban J connectivity index is 2.18. The first-order valence-corrected chi connectivity index (χ1v) is 8.05. The van der Waals surface area contributed by atoms with E-state index in [2.05, 4.69) is 0 Å². The van der Waals surface area contributed by atoms with E-state index in [9.17, 15) is 20.0 Å². The van der Waals surface area contributed by atoms with E-state index in [0.717, 1.165) is 18.4 Å². The third-order valence-electron chi connectivity index (χ3n) is 4.09. The van der Waals surface area contributed by atoms with Crippen LogP contribution in [0.25, 0.3) is 11.0 Å². The summed E-state index contributed by atoms with van der Waals surface area (Å²) in [6.45, 7) is 2.05. The van der Waals surface area contributed by atoms with Crippen molar-refractivity contribution in [3.05, 3.63) is 69.5 Å². The molecule has 0 fully saturated rings. The van der Waals surface area contributed by atoms with Gasteiger partial charge in [-0.25, -0.2) is 0 Å². The molecule has 25 heavy (non-hydrogen) atoms. The number of rotatable bonds is 6. The van der Waals surface area contributed by atoms with Crippen LogP contribution in [0.5, 0.6) is 5.75 Å². The Morgan fingerprint density at radius 3 is 2.56 bits per heavy atom. The van der Waals surface area contributed by atoms with Gasteiger partial charge in [-0.15, -0.1) is 0 Å². The first-order valence-electron chi connectivity index (χ1n) is 8.05. The Morgan fingerprint density at radius 1 is 1.20 bits per heavy atom. The zero-order chi connectivity index (χ0) is 18.0. The van der Waals surface area contributed by atoms with Crippen LogP contribution in [0, 0.1) is 10.1 Å². The first-order chi connectivity index (χ1) is 12.0. The lowest BCUT2D eigenvalue weighted by Gasteiger charge is -2.01. The summed E-state index contributed by atoms with van der Waals surface area (Å²) in [5, 5.41) is 21.4. The summed E-state index contributed by atoms with van der Waals surface area (Å²) in [4.78, 5) is 23.8. The van der Waals surface area contributed by atoms with Crippen molar-refractivity contribution in [2.24, 2.45) is 0 Å². The molecule has 0 bridgehead atoms. The Morgan fingerprint density at radius 2 is 1.92 bits per heavy atom. The zero-order valence-electron chi connectivity index (χ0n) is 13.7. The van der Waals surface area contributed by atoms with Crippen LogP contribution in [-0.4, -0.2) is 15.8 Å². The van der Waals surface area contributed by atoms with Gasteiger partial charge in [0, 0.05) is 5.56 Å². The number of aryl methyl sites for hydroxylation is 1. The molecule has 0 unspecified atom stereocenters. The standard InChI is InChI=1S/C19H17NO5/c1-2-3-5-12-6-4-7-15-16(12)17(20(23)24)19(25-15)18(22)13-8-10-14(21)11-9-13/h4,6-11,21H,2-3,5H2,1H3. The lowest BCUT2D eigenvalue weighted by Crippen LogP contribution is -2.03. The third-order valence-corrected chi connectivity index (χ3v) is 4.09. The second-order valence-corrected chi connectivity index (χ2v) is 5.81. The maximum Gasteiger partial charge on any atom is 0.326 e. The topological polar surface area (TPSA) is 93.6 Å². The number of carbonyl (C=O) groups is 1. The first kappa shape index (κ1) is 16.7. The second-order valence-electron chi connectivity index (χ2n) is 5.81. The highest BCUT2D eigenvalue weighted by Gasteiger charge is 2.31. The number of hydrogen-bond donors (Lipinski definition) is 1. The third kappa shape index (κ3) is 3.10. The van der Waals surface area contributed by atoms with E-state index in [1.807, 2.05) is 13.0 Å². The number of phenolic OH excluding ortho intramolecular Hbond substituents is 1. The number of ketones is 1. The number of nitrogens with zero attached hydrogens (tertiary/aromatic N) is 1. The van der Waals surface area contributed by atoms with Crippen LogP contribution in [0.3, 0.4) is 0 Å². The molecular formula is C19H17NO5. The van der Waals surface area contributed by atoms with Crippen LogP contribution in [0.1, 0.15) is 41.4 Å². The van der Waals surface area contributed by atoms with Crippen molar-refractivity contribution in [3.63, 3.8) is 0 Å². The number of aromatic hydroxyl groups is 1. The molecule has 0 atom stereocenters. The van der Waals surface area contributed by atoms with E-state index in [-0.39, 0.29) is 22.8 Å². The molecule has 0 radical (unpaired) electrons. The number of furan rings is 1. The number of nitro groups is 1. The average Bonchev–Trinajstić information content (AvgIpc) is 3.00. The summed E-state index contributed by atoms with van der Waals surface area (Å²) in [6, 6.07) is 10.8. The van der Waals surface area contributed by atoms with Gasteiger partial charge in [0.15, 0.2) is 0 Å². The highest BCUT2D eigenvalue weighted by molar-refractivity contribution is 6.13. The van der Waals surface area contributed by atoms with Crippen molar-refractivity contribution in [3.8, 4) is 5.75 Å². The SMILES string of the molecule is CCCCc1cccc2oc(C(=O)c3ccc(O)cc3)c([N+](=O)[O-])c12. The molecule has 6 heteroatoms. The van der Waals surface area contributed by atoms with Gasteiger partial charge in [-0.1, -0.05) is 25.5 Å². The van der Waals surface area contributed by atoms with Crippen LogP contribution in [0.4, 0.5) is 5.69 Å². The Bertz CT molecular complexity index is 940. The molecule has 1 N–H and O–H groups in total. The van der Waals surface area contributed by atoms with Crippen LogP contribution >= 0.6 is 0 Å². The Hall–Kier alpha value is -3.15. The monoisotopic (exact) mass is 339 g/mol. The van der Waals surface area contributed by atoms with Crippen molar-refractivity contribution in [1.29, 1.82) is 0 Å². The van der Waals surface area contributed by atoms with Crippen LogP contribution in [0.15, 0.2) is 46.9 Å². The van der Waals surface area contributed by atoms with Gasteiger partial charge in [-0.05, 0) is 48.7 Å². The van der Waals surface area contributed by atoms with E-state index in [0.29, 0.717) is 17.4 Å². The van der Waals surface area contributed by atoms with Crippen LogP contribution in [-0.2, 0) is 6.42 Å². The number of unbranched alkanes of at least 4 members (excludes halogenated alkanes) is 1. The Labute approximate surface area is 143 Å². The minimum absolute atomic E-state index is 0.0116. The smallest absolute Gasteiger partial charge is 0.326 e. The molecule has 1 heterocycles. The second kappa shape index (κ2) is 6.76. The van der Waals surface area contributed by atoms with Crippen molar-refractivity contribution >= 4 is 22.4 Å². The van der Waals surface area contributed by atoms with Crippen molar-refractivity contribution in [2.75, 3.05) is 0 Å². The number of hydrogen-bond acceptors (Lipinski definition) is 5. The molecule has 0 spiro atoms. The lowest BCUT2D eigenvalue weighted by atomic mass is 10.0. The summed E-state index contributed by atoms with van der Waals surface area (Å²) >= 11 is 0. The van der Waals surface area contributed by atoms with Crippen LogP contribution < -0.4 is 0 Å². The Kier molecular flexibility index (Phi) is 4.52. The molecule has 2 aromatic carbocycles. The molecule has 0 amide bonds. The fraction of sp³-hybridized carbons (Fsp3) is 0.211. The van der Waals surface area contributed by atoms with Gasteiger partial charge in [0.2, 0.25) is 5.78 Å². The summed E-state index contributed by atoms with van der Waals surface area (Å²) in [5.41, 5.74) is 1.07. The van der Waals surface area contributed by atoms with Gasteiger partial charge in [-0.3, -0.25) is 14.9 Å². The molecule has 6 nitrogen and oxygen atoms in total. The zero-order valence-corrected chi connectivity index (χ0v) is 13.7. The normalized spacial score (nSPS) is 10.9. The van der Waals surface area contributed by atoms with Gasteiger partial charge < -0.3 is 9.52 Å². The summed E-state index contributed by atoms with van der Waals surface area (Å²) in [7, 11) is 0. The van der Waals surface area contributed by atoms with E-state index in [4.69, 9.17) is 4.42 Å². The molecule has 128 valence electrons. The minimum atomic E-state index is -0.579. The lowest BCUT2D eigenvalue weighted by molar-refractivity contribution is -0.383. The quantitative estimate of drug-likeness (QED) is 0.402. The van der Waals surface area contributed by atoms with E-state index < -0.39 is 10.7 Å². The molecule has 3 aromatic rings. The number of phenols is 1. The molecule has 0 aliphatic heterocycles. The average molecular weight is 339 g/mol. The maximum atomic E-state index is 12.7. The summed E-state index contributed by atoms with van der Waals surface area (Å²) in [5.74, 6) is -0.850. The highest BCUT2D eigenvalue weighted by Crippen LogP contribution is 2.37. The van der Waals surface area contributed by atoms with Gasteiger partial charge in [0.1, 0.15) is 16.7 Å². The van der Waals surface area contributed by atoms with Crippen molar-refractivity contribution in [2.45, 2.75) is 26.2 Å². The van der Waals surface area contributed by atoms with Gasteiger partial charge >= 0.3 is 5.69 Å². The summed E-state index contributed by atoms with van der Waals surface area (Å²) < 4.78 is 5.57.